The fraction of sp³-hybridized carbons (Fsp3) is 0.611. The SMILES string of the molecule is CC1CCN(CCCNC(=S)NCCSc2ccccc2)CC1. The fourth-order valence-corrected chi connectivity index (χ4v) is 3.70. The maximum Gasteiger partial charge on any atom is 0.166 e. The Morgan fingerprint density at radius 2 is 1.87 bits per heavy atom. The third-order valence-corrected chi connectivity index (χ3v) is 5.51. The summed E-state index contributed by atoms with van der Waals surface area (Å²) in [5.74, 6) is 1.94. The number of likely N-dealkylation sites (tertiary alicyclic amines) is 1. The maximum atomic E-state index is 5.32. The minimum atomic E-state index is 0.783. The zero-order valence-corrected chi connectivity index (χ0v) is 15.7. The molecule has 1 saturated heterocycles. The molecular weight excluding hydrogens is 322 g/mol. The molecule has 0 aliphatic carbocycles. The normalized spacial score (nSPS) is 16.2. The van der Waals surface area contributed by atoms with Crippen LogP contribution in [0.15, 0.2) is 35.2 Å². The molecule has 3 nitrogen and oxygen atoms in total. The highest BCUT2D eigenvalue weighted by atomic mass is 32.2. The standard InChI is InChI=1S/C18H29N3S2/c1-16-8-13-21(14-9-16)12-5-10-19-18(22)20-11-15-23-17-6-3-2-4-7-17/h2-4,6-7,16H,5,8-15H2,1H3,(H2,19,20,22). The van der Waals surface area contributed by atoms with Gasteiger partial charge < -0.3 is 15.5 Å². The Labute approximate surface area is 150 Å². The molecule has 0 spiro atoms. The van der Waals surface area contributed by atoms with Crippen molar-refractivity contribution in [3.8, 4) is 0 Å². The van der Waals surface area contributed by atoms with Gasteiger partial charge >= 0.3 is 0 Å². The quantitative estimate of drug-likeness (QED) is 0.425. The zero-order valence-electron chi connectivity index (χ0n) is 14.1. The van der Waals surface area contributed by atoms with E-state index >= 15 is 0 Å². The van der Waals surface area contributed by atoms with Crippen molar-refractivity contribution >= 4 is 29.1 Å². The van der Waals surface area contributed by atoms with E-state index in [9.17, 15) is 0 Å². The number of rotatable bonds is 8. The number of thiocarbonyl (C=S) groups is 1. The number of hydrogen-bond acceptors (Lipinski definition) is 3. The topological polar surface area (TPSA) is 27.3 Å². The molecule has 0 atom stereocenters. The lowest BCUT2D eigenvalue weighted by Crippen LogP contribution is -2.39. The Hall–Kier alpha value is -0.780. The first-order valence-electron chi connectivity index (χ1n) is 8.66. The number of benzene rings is 1. The summed E-state index contributed by atoms with van der Waals surface area (Å²) < 4.78 is 0. The van der Waals surface area contributed by atoms with Crippen molar-refractivity contribution in [2.75, 3.05) is 38.5 Å². The minimum absolute atomic E-state index is 0.783. The highest BCUT2D eigenvalue weighted by molar-refractivity contribution is 7.99. The van der Waals surface area contributed by atoms with Crippen molar-refractivity contribution in [2.45, 2.75) is 31.1 Å². The Morgan fingerprint density at radius 1 is 1.17 bits per heavy atom. The molecule has 1 aromatic carbocycles. The molecule has 0 amide bonds. The maximum absolute atomic E-state index is 5.32. The molecule has 2 rings (SSSR count). The van der Waals surface area contributed by atoms with Crippen LogP contribution in [-0.4, -0.2) is 48.5 Å². The number of nitrogens with one attached hydrogen (secondary N) is 2. The summed E-state index contributed by atoms with van der Waals surface area (Å²) in [5, 5.41) is 7.38. The van der Waals surface area contributed by atoms with Crippen molar-refractivity contribution < 1.29 is 0 Å². The second-order valence-electron chi connectivity index (χ2n) is 6.22. The molecule has 0 unspecified atom stereocenters. The summed E-state index contributed by atoms with van der Waals surface area (Å²) >= 11 is 7.18. The highest BCUT2D eigenvalue weighted by Crippen LogP contribution is 2.16. The average Bonchev–Trinajstić information content (AvgIpc) is 2.58. The number of nitrogens with zero attached hydrogens (tertiary/aromatic N) is 1. The van der Waals surface area contributed by atoms with Crippen molar-refractivity contribution in [1.82, 2.24) is 15.5 Å². The van der Waals surface area contributed by atoms with E-state index in [1.54, 1.807) is 0 Å². The molecule has 1 aliphatic rings. The van der Waals surface area contributed by atoms with Crippen LogP contribution < -0.4 is 10.6 Å². The fourth-order valence-electron chi connectivity index (χ4n) is 2.70. The smallest absolute Gasteiger partial charge is 0.166 e. The Balaban J connectivity index is 1.44. The summed E-state index contributed by atoms with van der Waals surface area (Å²) in [5.41, 5.74) is 0. The van der Waals surface area contributed by atoms with Crippen molar-refractivity contribution in [1.29, 1.82) is 0 Å². The summed E-state index contributed by atoms with van der Waals surface area (Å²) in [6.07, 6.45) is 3.87. The largest absolute Gasteiger partial charge is 0.363 e. The monoisotopic (exact) mass is 351 g/mol. The van der Waals surface area contributed by atoms with E-state index in [1.165, 1.54) is 37.4 Å². The molecular formula is C18H29N3S2. The van der Waals surface area contributed by atoms with E-state index in [2.05, 4.69) is 46.7 Å². The van der Waals surface area contributed by atoms with E-state index < -0.39 is 0 Å². The van der Waals surface area contributed by atoms with Gasteiger partial charge in [-0.3, -0.25) is 0 Å². The van der Waals surface area contributed by atoms with Crippen LogP contribution >= 0.6 is 24.0 Å². The summed E-state index contributed by atoms with van der Waals surface area (Å²) in [7, 11) is 0. The first-order valence-corrected chi connectivity index (χ1v) is 10.1. The Bertz CT molecular complexity index is 445. The van der Waals surface area contributed by atoms with Gasteiger partial charge in [0.25, 0.3) is 0 Å². The van der Waals surface area contributed by atoms with Crippen LogP contribution in [0.3, 0.4) is 0 Å². The van der Waals surface area contributed by atoms with Crippen LogP contribution in [-0.2, 0) is 0 Å². The number of thioether (sulfide) groups is 1. The molecule has 0 bridgehead atoms. The molecule has 1 heterocycles. The molecule has 5 heteroatoms. The van der Waals surface area contributed by atoms with E-state index in [0.717, 1.165) is 36.3 Å². The van der Waals surface area contributed by atoms with Crippen LogP contribution in [0.1, 0.15) is 26.2 Å². The van der Waals surface area contributed by atoms with E-state index in [4.69, 9.17) is 12.2 Å². The van der Waals surface area contributed by atoms with Gasteiger partial charge in [-0.2, -0.15) is 0 Å². The van der Waals surface area contributed by atoms with Gasteiger partial charge in [0.05, 0.1) is 0 Å². The lowest BCUT2D eigenvalue weighted by atomic mass is 9.99. The molecule has 2 N–H and O–H groups in total. The van der Waals surface area contributed by atoms with Crippen molar-refractivity contribution in [3.05, 3.63) is 30.3 Å². The van der Waals surface area contributed by atoms with Crippen LogP contribution in [0.25, 0.3) is 0 Å². The number of piperidine rings is 1. The molecule has 0 radical (unpaired) electrons. The Morgan fingerprint density at radius 3 is 2.61 bits per heavy atom. The predicted molar refractivity (Wildman–Crippen MR) is 105 cm³/mol. The second-order valence-corrected chi connectivity index (χ2v) is 7.80. The number of hydrogen-bond donors (Lipinski definition) is 2. The zero-order chi connectivity index (χ0) is 16.3. The lowest BCUT2D eigenvalue weighted by molar-refractivity contribution is 0.191. The first kappa shape index (κ1) is 18.6. The van der Waals surface area contributed by atoms with Gasteiger partial charge in [0, 0.05) is 23.7 Å². The highest BCUT2D eigenvalue weighted by Gasteiger charge is 2.14. The lowest BCUT2D eigenvalue weighted by Gasteiger charge is -2.30. The van der Waals surface area contributed by atoms with Gasteiger partial charge in [-0.25, -0.2) is 0 Å². The molecule has 1 aromatic rings. The summed E-state index contributed by atoms with van der Waals surface area (Å²) in [6, 6.07) is 10.5. The molecule has 1 aliphatic heterocycles. The Kier molecular flexibility index (Phi) is 8.79. The van der Waals surface area contributed by atoms with Gasteiger partial charge in [-0.05, 0) is 69.2 Å². The summed E-state index contributed by atoms with van der Waals surface area (Å²) in [4.78, 5) is 3.89. The van der Waals surface area contributed by atoms with Gasteiger partial charge in [0.15, 0.2) is 5.11 Å². The van der Waals surface area contributed by atoms with E-state index in [-0.39, 0.29) is 0 Å². The van der Waals surface area contributed by atoms with Gasteiger partial charge in [0.1, 0.15) is 0 Å². The van der Waals surface area contributed by atoms with E-state index in [1.807, 2.05) is 17.8 Å². The third-order valence-electron chi connectivity index (χ3n) is 4.21. The molecule has 128 valence electrons. The third kappa shape index (κ3) is 8.04. The minimum Gasteiger partial charge on any atom is -0.363 e. The molecule has 1 fully saturated rings. The van der Waals surface area contributed by atoms with Crippen LogP contribution in [0, 0.1) is 5.92 Å². The van der Waals surface area contributed by atoms with Crippen molar-refractivity contribution in [3.63, 3.8) is 0 Å². The molecule has 0 saturated carbocycles. The van der Waals surface area contributed by atoms with Crippen LogP contribution in [0.2, 0.25) is 0 Å². The van der Waals surface area contributed by atoms with Gasteiger partial charge in [0.2, 0.25) is 0 Å². The summed E-state index contributed by atoms with van der Waals surface area (Å²) in [6.45, 7) is 7.94. The second kappa shape index (κ2) is 10.9. The first-order chi connectivity index (χ1) is 11.2. The van der Waals surface area contributed by atoms with Crippen molar-refractivity contribution in [2.24, 2.45) is 5.92 Å². The average molecular weight is 352 g/mol. The van der Waals surface area contributed by atoms with E-state index in [0.29, 0.717) is 0 Å². The molecule has 0 aromatic heterocycles. The van der Waals surface area contributed by atoms with Gasteiger partial charge in [-0.1, -0.05) is 25.1 Å². The predicted octanol–water partition coefficient (Wildman–Crippen LogP) is 3.36. The molecule has 23 heavy (non-hydrogen) atoms. The van der Waals surface area contributed by atoms with Crippen LogP contribution in [0.5, 0.6) is 0 Å². The van der Waals surface area contributed by atoms with Gasteiger partial charge in [-0.15, -0.1) is 11.8 Å². The van der Waals surface area contributed by atoms with Crippen LogP contribution in [0.4, 0.5) is 0 Å².